The highest BCUT2D eigenvalue weighted by atomic mass is 79.9. The second-order valence-electron chi connectivity index (χ2n) is 3.40. The summed E-state index contributed by atoms with van der Waals surface area (Å²) in [7, 11) is 0. The van der Waals surface area contributed by atoms with Crippen molar-refractivity contribution in [1.29, 1.82) is 0 Å². The van der Waals surface area contributed by atoms with E-state index in [1.165, 1.54) is 0 Å². The molecule has 0 aromatic heterocycles. The first-order valence-corrected chi connectivity index (χ1v) is 5.08. The van der Waals surface area contributed by atoms with Gasteiger partial charge in [0.1, 0.15) is 6.04 Å². The Morgan fingerprint density at radius 1 is 1.29 bits per heavy atom. The van der Waals surface area contributed by atoms with Gasteiger partial charge in [-0.05, 0) is 12.8 Å². The van der Waals surface area contributed by atoms with Crippen molar-refractivity contribution < 1.29 is 14.7 Å². The van der Waals surface area contributed by atoms with E-state index in [9.17, 15) is 9.59 Å². The molecule has 5 nitrogen and oxygen atoms in total. The summed E-state index contributed by atoms with van der Waals surface area (Å²) in [5.74, 6) is -1.50. The maximum absolute atomic E-state index is 11.3. The third-order valence-electron chi connectivity index (χ3n) is 1.79. The van der Waals surface area contributed by atoms with Crippen molar-refractivity contribution in [3.63, 3.8) is 0 Å². The molecule has 82 valence electrons. The summed E-state index contributed by atoms with van der Waals surface area (Å²) in [5.41, 5.74) is 0. The number of hydrogen-bond acceptors (Lipinski definition) is 3. The van der Waals surface area contributed by atoms with Gasteiger partial charge in [-0.1, -0.05) is 13.8 Å². The van der Waals surface area contributed by atoms with E-state index in [1.54, 1.807) is 20.8 Å². The second-order valence-corrected chi connectivity index (χ2v) is 3.86. The average molecular weight is 267 g/mol. The molecule has 14 heavy (non-hydrogen) atoms. The highest BCUT2D eigenvalue weighted by molar-refractivity contribution is 9.08. The molecule has 0 aromatic carbocycles. The van der Waals surface area contributed by atoms with Crippen LogP contribution in [-0.2, 0) is 9.59 Å². The standard InChI is InChI=1S/C8H15BrN2O3/c1-4(2)6(8(13)14)10-7(12)5(3)11-9/h4-6,11H,1-3H3,(H,10,12)(H,13,14)/t5-,6-/m0/s1. The first-order valence-electron chi connectivity index (χ1n) is 4.29. The van der Waals surface area contributed by atoms with E-state index in [0.717, 1.165) is 0 Å². The second kappa shape index (κ2) is 5.98. The van der Waals surface area contributed by atoms with Crippen molar-refractivity contribution in [2.75, 3.05) is 0 Å². The van der Waals surface area contributed by atoms with Crippen LogP contribution >= 0.6 is 16.1 Å². The molecule has 2 atom stereocenters. The van der Waals surface area contributed by atoms with Crippen LogP contribution in [0.1, 0.15) is 20.8 Å². The fourth-order valence-corrected chi connectivity index (χ4v) is 1.05. The van der Waals surface area contributed by atoms with Crippen LogP contribution in [0.2, 0.25) is 0 Å². The fraction of sp³-hybridized carbons (Fsp3) is 0.750. The minimum absolute atomic E-state index is 0.140. The maximum Gasteiger partial charge on any atom is 0.326 e. The molecule has 0 saturated heterocycles. The Balaban J connectivity index is 4.31. The minimum Gasteiger partial charge on any atom is -0.480 e. The van der Waals surface area contributed by atoms with Gasteiger partial charge < -0.3 is 10.4 Å². The van der Waals surface area contributed by atoms with Gasteiger partial charge in [-0.15, -0.1) is 0 Å². The van der Waals surface area contributed by atoms with Crippen LogP contribution in [0.5, 0.6) is 0 Å². The molecule has 0 aromatic rings. The number of rotatable bonds is 5. The largest absolute Gasteiger partial charge is 0.480 e. The molecule has 0 saturated carbocycles. The van der Waals surface area contributed by atoms with E-state index >= 15 is 0 Å². The molecular formula is C8H15BrN2O3. The Labute approximate surface area is 91.6 Å². The van der Waals surface area contributed by atoms with Crippen molar-refractivity contribution in [1.82, 2.24) is 9.66 Å². The summed E-state index contributed by atoms with van der Waals surface area (Å²) in [6.07, 6.45) is 0. The molecule has 0 rings (SSSR count). The summed E-state index contributed by atoms with van der Waals surface area (Å²) in [4.78, 5) is 22.1. The van der Waals surface area contributed by atoms with Crippen molar-refractivity contribution in [3.8, 4) is 0 Å². The molecule has 0 aliphatic carbocycles. The highest BCUT2D eigenvalue weighted by Crippen LogP contribution is 2.02. The van der Waals surface area contributed by atoms with Gasteiger partial charge >= 0.3 is 5.97 Å². The lowest BCUT2D eigenvalue weighted by Crippen LogP contribution is -2.49. The Morgan fingerprint density at radius 2 is 1.79 bits per heavy atom. The Kier molecular flexibility index (Phi) is 5.71. The normalized spacial score (nSPS) is 14.9. The van der Waals surface area contributed by atoms with Gasteiger partial charge in [0.2, 0.25) is 5.91 Å². The van der Waals surface area contributed by atoms with Gasteiger partial charge in [-0.25, -0.2) is 9.14 Å². The number of hydrogen-bond donors (Lipinski definition) is 3. The average Bonchev–Trinajstić information content (AvgIpc) is 2.11. The third-order valence-corrected chi connectivity index (χ3v) is 2.47. The highest BCUT2D eigenvalue weighted by Gasteiger charge is 2.25. The molecule has 0 spiro atoms. The molecule has 1 amide bonds. The van der Waals surface area contributed by atoms with Crippen LogP contribution in [0.4, 0.5) is 0 Å². The summed E-state index contributed by atoms with van der Waals surface area (Å²) in [5, 5.41) is 11.2. The summed E-state index contributed by atoms with van der Waals surface area (Å²) in [6, 6.07) is -1.30. The topological polar surface area (TPSA) is 78.4 Å². The Hall–Kier alpha value is -0.620. The van der Waals surface area contributed by atoms with Crippen molar-refractivity contribution in [2.24, 2.45) is 5.92 Å². The smallest absolute Gasteiger partial charge is 0.326 e. The number of halogens is 1. The lowest BCUT2D eigenvalue weighted by Gasteiger charge is -2.19. The maximum atomic E-state index is 11.3. The molecule has 0 bridgehead atoms. The number of carboxylic acid groups (broad SMARTS) is 1. The lowest BCUT2D eigenvalue weighted by atomic mass is 10.0. The van der Waals surface area contributed by atoms with Crippen LogP contribution in [0, 0.1) is 5.92 Å². The number of carbonyl (C=O) groups is 2. The lowest BCUT2D eigenvalue weighted by molar-refractivity contribution is -0.143. The van der Waals surface area contributed by atoms with E-state index in [4.69, 9.17) is 5.11 Å². The molecule has 6 heteroatoms. The van der Waals surface area contributed by atoms with E-state index in [2.05, 4.69) is 25.8 Å². The Bertz CT molecular complexity index is 221. The van der Waals surface area contributed by atoms with E-state index < -0.39 is 18.1 Å². The summed E-state index contributed by atoms with van der Waals surface area (Å²) >= 11 is 2.92. The van der Waals surface area contributed by atoms with Gasteiger partial charge in [0.25, 0.3) is 0 Å². The molecule has 3 N–H and O–H groups in total. The van der Waals surface area contributed by atoms with Crippen molar-refractivity contribution in [2.45, 2.75) is 32.9 Å². The number of aliphatic carboxylic acids is 1. The van der Waals surface area contributed by atoms with E-state index in [1.807, 2.05) is 0 Å². The van der Waals surface area contributed by atoms with Crippen LogP contribution in [0.25, 0.3) is 0 Å². The first-order chi connectivity index (χ1) is 6.40. The van der Waals surface area contributed by atoms with Gasteiger partial charge in [0.15, 0.2) is 0 Å². The van der Waals surface area contributed by atoms with E-state index in [-0.39, 0.29) is 11.8 Å². The van der Waals surface area contributed by atoms with Gasteiger partial charge in [0.05, 0.1) is 6.04 Å². The fourth-order valence-electron chi connectivity index (χ4n) is 0.841. The first kappa shape index (κ1) is 13.4. The molecule has 0 heterocycles. The van der Waals surface area contributed by atoms with Gasteiger partial charge in [0, 0.05) is 16.1 Å². The zero-order valence-electron chi connectivity index (χ0n) is 8.37. The van der Waals surface area contributed by atoms with Crippen molar-refractivity contribution in [3.05, 3.63) is 0 Å². The number of carbonyl (C=O) groups excluding carboxylic acids is 1. The number of carboxylic acids is 1. The Morgan fingerprint density at radius 3 is 2.07 bits per heavy atom. The van der Waals surface area contributed by atoms with Gasteiger partial charge in [-0.2, -0.15) is 0 Å². The van der Waals surface area contributed by atoms with Crippen LogP contribution in [-0.4, -0.2) is 29.1 Å². The molecular weight excluding hydrogens is 252 g/mol. The molecule has 0 aliphatic rings. The summed E-state index contributed by atoms with van der Waals surface area (Å²) in [6.45, 7) is 5.11. The van der Waals surface area contributed by atoms with Crippen LogP contribution in [0.3, 0.4) is 0 Å². The van der Waals surface area contributed by atoms with Crippen LogP contribution in [0.15, 0.2) is 0 Å². The SMILES string of the molecule is CC(C)[C@H](NC(=O)[C@H](C)NBr)C(=O)O. The monoisotopic (exact) mass is 266 g/mol. The minimum atomic E-state index is -1.02. The third kappa shape index (κ3) is 4.06. The molecule has 0 aliphatic heterocycles. The predicted octanol–water partition coefficient (Wildman–Crippen LogP) is 0.500. The van der Waals surface area contributed by atoms with Crippen LogP contribution < -0.4 is 9.66 Å². The van der Waals surface area contributed by atoms with E-state index in [0.29, 0.717) is 0 Å². The number of nitrogens with one attached hydrogen (secondary N) is 2. The molecule has 0 unspecified atom stereocenters. The molecule has 0 radical (unpaired) electrons. The quantitative estimate of drug-likeness (QED) is 0.634. The predicted molar refractivity (Wildman–Crippen MR) is 55.9 cm³/mol. The van der Waals surface area contributed by atoms with Gasteiger partial charge in [-0.3, -0.25) is 4.79 Å². The number of amides is 1. The van der Waals surface area contributed by atoms with Crippen molar-refractivity contribution >= 4 is 28.0 Å². The zero-order chi connectivity index (χ0) is 11.3. The summed E-state index contributed by atoms with van der Waals surface area (Å²) < 4.78 is 2.56. The molecule has 0 fully saturated rings. The zero-order valence-corrected chi connectivity index (χ0v) is 9.96.